The van der Waals surface area contributed by atoms with Gasteiger partial charge in [0.05, 0.1) is 6.61 Å². The number of fused-ring (bicyclic) bond motifs is 1. The van der Waals surface area contributed by atoms with Gasteiger partial charge < -0.3 is 10.1 Å². The molecule has 1 atom stereocenters. The van der Waals surface area contributed by atoms with E-state index in [0.29, 0.717) is 6.04 Å². The van der Waals surface area contributed by atoms with E-state index in [0.717, 1.165) is 18.8 Å². The van der Waals surface area contributed by atoms with Crippen molar-refractivity contribution < 1.29 is 4.74 Å². The van der Waals surface area contributed by atoms with Crippen molar-refractivity contribution in [2.45, 2.75) is 45.1 Å². The van der Waals surface area contributed by atoms with Gasteiger partial charge >= 0.3 is 0 Å². The number of hydrogen-bond acceptors (Lipinski definition) is 2. The van der Waals surface area contributed by atoms with Gasteiger partial charge in [0.2, 0.25) is 0 Å². The molecule has 3 rings (SSSR count). The smallest absolute Gasteiger partial charge is 0.125 e. The average Bonchev–Trinajstić information content (AvgIpc) is 2.79. The zero-order chi connectivity index (χ0) is 11.7. The van der Waals surface area contributed by atoms with Crippen LogP contribution in [0.15, 0.2) is 12.1 Å². The van der Waals surface area contributed by atoms with E-state index in [1.165, 1.54) is 48.9 Å². The van der Waals surface area contributed by atoms with Gasteiger partial charge in [-0.3, -0.25) is 0 Å². The first-order chi connectivity index (χ1) is 8.33. The predicted molar refractivity (Wildman–Crippen MR) is 69.7 cm³/mol. The Morgan fingerprint density at radius 1 is 1.35 bits per heavy atom. The van der Waals surface area contributed by atoms with Crippen molar-refractivity contribution in [3.05, 3.63) is 28.8 Å². The molecular weight excluding hydrogens is 210 g/mol. The maximum absolute atomic E-state index is 5.66. The molecule has 2 aliphatic heterocycles. The quantitative estimate of drug-likeness (QED) is 0.845. The molecule has 2 aliphatic rings. The second-order valence-corrected chi connectivity index (χ2v) is 5.35. The van der Waals surface area contributed by atoms with E-state index in [1.807, 2.05) is 0 Å². The molecule has 0 amide bonds. The van der Waals surface area contributed by atoms with Gasteiger partial charge in [0, 0.05) is 12.5 Å². The highest BCUT2D eigenvalue weighted by Crippen LogP contribution is 2.31. The summed E-state index contributed by atoms with van der Waals surface area (Å²) < 4.78 is 5.66. The molecule has 0 spiro atoms. The molecule has 1 N–H and O–H groups in total. The largest absolute Gasteiger partial charge is 0.493 e. The second kappa shape index (κ2) is 4.69. The third-order valence-electron chi connectivity index (χ3n) is 3.92. The maximum atomic E-state index is 5.66. The molecule has 1 saturated heterocycles. The fraction of sp³-hybridized carbons (Fsp3) is 0.600. The normalized spacial score (nSPS) is 23.2. The van der Waals surface area contributed by atoms with Crippen LogP contribution in [0.25, 0.3) is 0 Å². The lowest BCUT2D eigenvalue weighted by Gasteiger charge is -2.23. The molecule has 0 saturated carbocycles. The molecule has 92 valence electrons. The van der Waals surface area contributed by atoms with Crippen LogP contribution in [0.4, 0.5) is 0 Å². The number of piperidine rings is 1. The minimum absolute atomic E-state index is 0.684. The van der Waals surface area contributed by atoms with Crippen LogP contribution in [0.5, 0.6) is 5.75 Å². The van der Waals surface area contributed by atoms with Crippen molar-refractivity contribution in [2.24, 2.45) is 0 Å². The minimum Gasteiger partial charge on any atom is -0.493 e. The van der Waals surface area contributed by atoms with Crippen LogP contribution in [-0.4, -0.2) is 19.2 Å². The summed E-state index contributed by atoms with van der Waals surface area (Å²) in [6.45, 7) is 4.22. The number of benzene rings is 1. The van der Waals surface area contributed by atoms with E-state index in [-0.39, 0.29) is 0 Å². The molecule has 2 heteroatoms. The van der Waals surface area contributed by atoms with Crippen LogP contribution < -0.4 is 10.1 Å². The van der Waals surface area contributed by atoms with Crippen LogP contribution in [0.1, 0.15) is 36.0 Å². The number of rotatable bonds is 2. The van der Waals surface area contributed by atoms with Crippen LogP contribution in [0, 0.1) is 6.92 Å². The first kappa shape index (κ1) is 11.1. The summed E-state index contributed by atoms with van der Waals surface area (Å²) in [5.41, 5.74) is 4.20. The molecule has 0 radical (unpaired) electrons. The molecule has 1 aromatic rings. The topological polar surface area (TPSA) is 21.3 Å². The van der Waals surface area contributed by atoms with Crippen molar-refractivity contribution in [2.75, 3.05) is 13.2 Å². The van der Waals surface area contributed by atoms with Crippen molar-refractivity contribution >= 4 is 0 Å². The molecule has 17 heavy (non-hydrogen) atoms. The third-order valence-corrected chi connectivity index (χ3v) is 3.92. The van der Waals surface area contributed by atoms with E-state index < -0.39 is 0 Å². The molecular formula is C15H21NO. The number of aryl methyl sites for hydroxylation is 1. The average molecular weight is 231 g/mol. The van der Waals surface area contributed by atoms with Gasteiger partial charge in [0.1, 0.15) is 5.75 Å². The van der Waals surface area contributed by atoms with Gasteiger partial charge in [-0.25, -0.2) is 0 Å². The molecule has 1 fully saturated rings. The summed E-state index contributed by atoms with van der Waals surface area (Å²) in [6.07, 6.45) is 6.31. The molecule has 0 aromatic heterocycles. The Labute approximate surface area is 103 Å². The summed E-state index contributed by atoms with van der Waals surface area (Å²) in [4.78, 5) is 0. The Bertz CT molecular complexity index is 408. The highest BCUT2D eigenvalue weighted by molar-refractivity contribution is 5.46. The zero-order valence-electron chi connectivity index (χ0n) is 10.6. The van der Waals surface area contributed by atoms with Gasteiger partial charge in [-0.2, -0.15) is 0 Å². The van der Waals surface area contributed by atoms with E-state index >= 15 is 0 Å². The molecule has 2 heterocycles. The molecule has 1 unspecified atom stereocenters. The van der Waals surface area contributed by atoms with Crippen molar-refractivity contribution in [1.29, 1.82) is 0 Å². The predicted octanol–water partition coefficient (Wildman–Crippen LogP) is 2.61. The van der Waals surface area contributed by atoms with Crippen LogP contribution >= 0.6 is 0 Å². The van der Waals surface area contributed by atoms with Gasteiger partial charge in [0.15, 0.2) is 0 Å². The molecule has 0 aliphatic carbocycles. The summed E-state index contributed by atoms with van der Waals surface area (Å²) in [6, 6.07) is 5.34. The van der Waals surface area contributed by atoms with Crippen LogP contribution in [0.3, 0.4) is 0 Å². The molecule has 1 aromatic carbocycles. The first-order valence-corrected chi connectivity index (χ1v) is 6.81. The Balaban J connectivity index is 1.76. The van der Waals surface area contributed by atoms with Crippen LogP contribution in [0.2, 0.25) is 0 Å². The highest BCUT2D eigenvalue weighted by atomic mass is 16.5. The van der Waals surface area contributed by atoms with Crippen LogP contribution in [-0.2, 0) is 12.8 Å². The Kier molecular flexibility index (Phi) is 3.06. The lowest BCUT2D eigenvalue weighted by atomic mass is 9.95. The first-order valence-electron chi connectivity index (χ1n) is 6.81. The van der Waals surface area contributed by atoms with Crippen molar-refractivity contribution in [1.82, 2.24) is 5.32 Å². The van der Waals surface area contributed by atoms with Crippen molar-refractivity contribution in [3.8, 4) is 5.75 Å². The van der Waals surface area contributed by atoms with Gasteiger partial charge in [-0.1, -0.05) is 18.6 Å². The highest BCUT2D eigenvalue weighted by Gasteiger charge is 2.18. The molecule has 2 nitrogen and oxygen atoms in total. The van der Waals surface area contributed by atoms with E-state index in [9.17, 15) is 0 Å². The van der Waals surface area contributed by atoms with Gasteiger partial charge in [-0.15, -0.1) is 0 Å². The molecule has 0 bridgehead atoms. The SMILES string of the molecule is Cc1cc(CC2CCCCN2)cc2c1OCC2. The standard InChI is InChI=1S/C15H21NO/c1-11-8-12(9-13-5-7-17-15(11)13)10-14-4-2-3-6-16-14/h8-9,14,16H,2-7,10H2,1H3. The fourth-order valence-corrected chi connectivity index (χ4v) is 3.08. The summed E-state index contributed by atoms with van der Waals surface area (Å²) >= 11 is 0. The summed E-state index contributed by atoms with van der Waals surface area (Å²) in [5.74, 6) is 1.14. The minimum atomic E-state index is 0.684. The second-order valence-electron chi connectivity index (χ2n) is 5.35. The lowest BCUT2D eigenvalue weighted by molar-refractivity contribution is 0.354. The Morgan fingerprint density at radius 2 is 2.29 bits per heavy atom. The summed E-state index contributed by atoms with van der Waals surface area (Å²) in [7, 11) is 0. The maximum Gasteiger partial charge on any atom is 0.125 e. The van der Waals surface area contributed by atoms with E-state index in [1.54, 1.807) is 0 Å². The number of nitrogens with one attached hydrogen (secondary N) is 1. The monoisotopic (exact) mass is 231 g/mol. The lowest BCUT2D eigenvalue weighted by Crippen LogP contribution is -2.35. The number of ether oxygens (including phenoxy) is 1. The van der Waals surface area contributed by atoms with E-state index in [2.05, 4.69) is 24.4 Å². The van der Waals surface area contributed by atoms with E-state index in [4.69, 9.17) is 4.74 Å². The van der Waals surface area contributed by atoms with Gasteiger partial charge in [-0.05, 0) is 49.4 Å². The van der Waals surface area contributed by atoms with Gasteiger partial charge in [0.25, 0.3) is 0 Å². The Hall–Kier alpha value is -1.02. The summed E-state index contributed by atoms with van der Waals surface area (Å²) in [5, 5.41) is 3.62. The third kappa shape index (κ3) is 2.32. The van der Waals surface area contributed by atoms with Crippen molar-refractivity contribution in [3.63, 3.8) is 0 Å². The zero-order valence-corrected chi connectivity index (χ0v) is 10.6. The fourth-order valence-electron chi connectivity index (χ4n) is 3.08. The number of hydrogen-bond donors (Lipinski definition) is 1. The Morgan fingerprint density at radius 3 is 3.12 bits per heavy atom.